The normalized spacial score (nSPS) is 10.2. The van der Waals surface area contributed by atoms with Crippen molar-refractivity contribution >= 4 is 23.4 Å². The number of anilines is 2. The zero-order valence-corrected chi connectivity index (χ0v) is 14.8. The zero-order chi connectivity index (χ0) is 18.2. The van der Waals surface area contributed by atoms with Crippen LogP contribution in [-0.2, 0) is 4.74 Å². The quantitative estimate of drug-likeness (QED) is 0.781. The lowest BCUT2D eigenvalue weighted by Crippen LogP contribution is -2.30. The van der Waals surface area contributed by atoms with Crippen molar-refractivity contribution in [1.82, 2.24) is 9.88 Å². The number of ether oxygens (including phenoxy) is 1. The van der Waals surface area contributed by atoms with Crippen LogP contribution in [0, 0.1) is 0 Å². The predicted molar refractivity (Wildman–Crippen MR) is 97.2 cm³/mol. The van der Waals surface area contributed by atoms with Crippen molar-refractivity contribution in [2.45, 2.75) is 20.8 Å². The third-order valence-electron chi connectivity index (χ3n) is 3.75. The van der Waals surface area contributed by atoms with Crippen LogP contribution < -0.4 is 5.32 Å². The number of esters is 1. The molecule has 0 bridgehead atoms. The van der Waals surface area contributed by atoms with Crippen molar-refractivity contribution in [3.8, 4) is 0 Å². The fourth-order valence-electron chi connectivity index (χ4n) is 2.40. The average molecular weight is 341 g/mol. The highest BCUT2D eigenvalue weighted by molar-refractivity contribution is 5.96. The van der Waals surface area contributed by atoms with Crippen LogP contribution in [0.4, 0.5) is 11.5 Å². The van der Waals surface area contributed by atoms with Gasteiger partial charge < -0.3 is 15.0 Å². The molecule has 25 heavy (non-hydrogen) atoms. The summed E-state index contributed by atoms with van der Waals surface area (Å²) in [5.74, 6) is 0.114. The van der Waals surface area contributed by atoms with Gasteiger partial charge in [-0.3, -0.25) is 4.79 Å². The zero-order valence-electron chi connectivity index (χ0n) is 14.8. The summed E-state index contributed by atoms with van der Waals surface area (Å²) in [6.45, 7) is 7.27. The first-order valence-electron chi connectivity index (χ1n) is 8.39. The van der Waals surface area contributed by atoms with E-state index >= 15 is 0 Å². The summed E-state index contributed by atoms with van der Waals surface area (Å²) in [6.07, 6.45) is 1.54. The molecule has 1 amide bonds. The number of amides is 1. The maximum absolute atomic E-state index is 12.3. The third kappa shape index (κ3) is 4.56. The lowest BCUT2D eigenvalue weighted by Gasteiger charge is -2.18. The molecule has 0 fully saturated rings. The SMILES string of the molecule is CCOC(=O)c1ccccc1Nc1ccc(C(=O)N(CC)CC)cn1. The van der Waals surface area contributed by atoms with Gasteiger partial charge in [0.25, 0.3) is 5.91 Å². The Morgan fingerprint density at radius 3 is 2.40 bits per heavy atom. The molecule has 0 aliphatic rings. The Morgan fingerprint density at radius 2 is 1.80 bits per heavy atom. The molecule has 6 heteroatoms. The summed E-state index contributed by atoms with van der Waals surface area (Å²) < 4.78 is 5.06. The van der Waals surface area contributed by atoms with Gasteiger partial charge in [0.1, 0.15) is 5.82 Å². The van der Waals surface area contributed by atoms with Gasteiger partial charge in [-0.2, -0.15) is 0 Å². The van der Waals surface area contributed by atoms with Crippen LogP contribution in [0.15, 0.2) is 42.6 Å². The Bertz CT molecular complexity index is 725. The molecule has 0 aliphatic carbocycles. The van der Waals surface area contributed by atoms with E-state index in [9.17, 15) is 9.59 Å². The van der Waals surface area contributed by atoms with Gasteiger partial charge in [-0.05, 0) is 45.0 Å². The van der Waals surface area contributed by atoms with Crippen molar-refractivity contribution in [3.05, 3.63) is 53.7 Å². The van der Waals surface area contributed by atoms with E-state index in [1.54, 1.807) is 42.2 Å². The number of hydrogen-bond donors (Lipinski definition) is 1. The first-order chi connectivity index (χ1) is 12.1. The molecule has 1 heterocycles. The number of carbonyl (C=O) groups is 2. The van der Waals surface area contributed by atoms with E-state index in [-0.39, 0.29) is 11.9 Å². The molecular weight excluding hydrogens is 318 g/mol. The molecule has 0 unspecified atom stereocenters. The number of rotatable bonds is 7. The maximum atomic E-state index is 12.3. The predicted octanol–water partition coefficient (Wildman–Crippen LogP) is 3.48. The molecule has 0 spiro atoms. The second-order valence-electron chi connectivity index (χ2n) is 5.30. The highest BCUT2D eigenvalue weighted by Crippen LogP contribution is 2.20. The summed E-state index contributed by atoms with van der Waals surface area (Å²) in [6, 6.07) is 10.5. The highest BCUT2D eigenvalue weighted by Gasteiger charge is 2.14. The Hall–Kier alpha value is -2.89. The summed E-state index contributed by atoms with van der Waals surface area (Å²) in [4.78, 5) is 30.3. The molecule has 2 aromatic rings. The van der Waals surface area contributed by atoms with Gasteiger partial charge in [0.2, 0.25) is 0 Å². The molecule has 0 aliphatic heterocycles. The van der Waals surface area contributed by atoms with Gasteiger partial charge in [-0.25, -0.2) is 9.78 Å². The fraction of sp³-hybridized carbons (Fsp3) is 0.316. The van der Waals surface area contributed by atoms with Crippen molar-refractivity contribution in [1.29, 1.82) is 0 Å². The molecule has 6 nitrogen and oxygen atoms in total. The topological polar surface area (TPSA) is 71.5 Å². The van der Waals surface area contributed by atoms with Crippen LogP contribution >= 0.6 is 0 Å². The van der Waals surface area contributed by atoms with Gasteiger partial charge in [-0.1, -0.05) is 12.1 Å². The lowest BCUT2D eigenvalue weighted by molar-refractivity contribution is 0.0527. The first kappa shape index (κ1) is 18.4. The molecule has 0 radical (unpaired) electrons. The molecule has 0 saturated carbocycles. The molecule has 132 valence electrons. The molecule has 1 aromatic heterocycles. The van der Waals surface area contributed by atoms with Gasteiger partial charge >= 0.3 is 5.97 Å². The van der Waals surface area contributed by atoms with Crippen LogP contribution in [0.2, 0.25) is 0 Å². The largest absolute Gasteiger partial charge is 0.462 e. The molecule has 1 aromatic carbocycles. The number of nitrogens with one attached hydrogen (secondary N) is 1. The smallest absolute Gasteiger partial charge is 0.340 e. The Labute approximate surface area is 147 Å². The standard InChI is InChI=1S/C19H23N3O3/c1-4-22(5-2)18(23)14-11-12-17(20-13-14)21-16-10-8-7-9-15(16)19(24)25-6-3/h7-13H,4-6H2,1-3H3,(H,20,21). The Morgan fingerprint density at radius 1 is 1.08 bits per heavy atom. The first-order valence-corrected chi connectivity index (χ1v) is 8.39. The lowest BCUT2D eigenvalue weighted by atomic mass is 10.1. The molecular formula is C19H23N3O3. The van der Waals surface area contributed by atoms with E-state index in [1.807, 2.05) is 19.9 Å². The number of pyridine rings is 1. The van der Waals surface area contributed by atoms with Crippen LogP contribution in [0.1, 0.15) is 41.5 Å². The van der Waals surface area contributed by atoms with Crippen LogP contribution in [0.5, 0.6) is 0 Å². The Balaban J connectivity index is 2.17. The molecule has 0 atom stereocenters. The molecule has 2 rings (SSSR count). The third-order valence-corrected chi connectivity index (χ3v) is 3.75. The van der Waals surface area contributed by atoms with Crippen LogP contribution in [0.3, 0.4) is 0 Å². The number of nitrogens with zero attached hydrogens (tertiary/aromatic N) is 2. The van der Waals surface area contributed by atoms with E-state index in [2.05, 4.69) is 10.3 Å². The van der Waals surface area contributed by atoms with Gasteiger partial charge in [-0.15, -0.1) is 0 Å². The highest BCUT2D eigenvalue weighted by atomic mass is 16.5. The number of carbonyl (C=O) groups excluding carboxylic acids is 2. The number of para-hydroxylation sites is 1. The summed E-state index contributed by atoms with van der Waals surface area (Å²) in [7, 11) is 0. The van der Waals surface area contributed by atoms with Crippen molar-refractivity contribution in [2.75, 3.05) is 25.0 Å². The minimum absolute atomic E-state index is 0.0454. The number of aromatic nitrogens is 1. The van der Waals surface area contributed by atoms with E-state index in [0.717, 1.165) is 0 Å². The maximum Gasteiger partial charge on any atom is 0.340 e. The van der Waals surface area contributed by atoms with Crippen molar-refractivity contribution in [2.24, 2.45) is 0 Å². The van der Waals surface area contributed by atoms with Crippen molar-refractivity contribution in [3.63, 3.8) is 0 Å². The van der Waals surface area contributed by atoms with Gasteiger partial charge in [0.15, 0.2) is 0 Å². The minimum Gasteiger partial charge on any atom is -0.462 e. The fourth-order valence-corrected chi connectivity index (χ4v) is 2.40. The number of benzene rings is 1. The van der Waals surface area contributed by atoms with Crippen molar-refractivity contribution < 1.29 is 14.3 Å². The van der Waals surface area contributed by atoms with Crippen LogP contribution in [0.25, 0.3) is 0 Å². The van der Waals surface area contributed by atoms with E-state index in [0.29, 0.717) is 42.3 Å². The molecule has 0 saturated heterocycles. The monoisotopic (exact) mass is 341 g/mol. The summed E-state index contributed by atoms with van der Waals surface area (Å²) in [5.41, 5.74) is 1.58. The van der Waals surface area contributed by atoms with E-state index in [4.69, 9.17) is 4.74 Å². The van der Waals surface area contributed by atoms with Crippen LogP contribution in [-0.4, -0.2) is 41.5 Å². The number of hydrogen-bond acceptors (Lipinski definition) is 5. The second kappa shape index (κ2) is 8.82. The van der Waals surface area contributed by atoms with E-state index in [1.165, 1.54) is 6.20 Å². The van der Waals surface area contributed by atoms with E-state index < -0.39 is 0 Å². The summed E-state index contributed by atoms with van der Waals surface area (Å²) in [5, 5.41) is 3.10. The average Bonchev–Trinajstić information content (AvgIpc) is 2.64. The second-order valence-corrected chi connectivity index (χ2v) is 5.30. The summed E-state index contributed by atoms with van der Waals surface area (Å²) >= 11 is 0. The molecule has 1 N–H and O–H groups in total. The van der Waals surface area contributed by atoms with Gasteiger partial charge in [0.05, 0.1) is 23.4 Å². The minimum atomic E-state index is -0.390. The van der Waals surface area contributed by atoms with Gasteiger partial charge in [0, 0.05) is 19.3 Å². The Kier molecular flexibility index (Phi) is 6.51.